The predicted molar refractivity (Wildman–Crippen MR) is 136 cm³/mol. The van der Waals surface area contributed by atoms with Crippen LogP contribution in [0.1, 0.15) is 53.6 Å². The molecule has 2 heteroatoms. The van der Waals surface area contributed by atoms with Gasteiger partial charge in [-0.2, -0.15) is 0 Å². The van der Waals surface area contributed by atoms with Crippen molar-refractivity contribution in [3.8, 4) is 16.8 Å². The van der Waals surface area contributed by atoms with Crippen LogP contribution < -0.4 is 4.68 Å². The zero-order valence-corrected chi connectivity index (χ0v) is 19.5. The van der Waals surface area contributed by atoms with Crippen LogP contribution in [0.2, 0.25) is 0 Å². The number of nitrogens with zero attached hydrogens (tertiary/aromatic N) is 2. The van der Waals surface area contributed by atoms with Crippen LogP contribution >= 0.6 is 0 Å². The Bertz CT molecular complexity index is 1500. The summed E-state index contributed by atoms with van der Waals surface area (Å²) in [5, 5.41) is 0. The van der Waals surface area contributed by atoms with Gasteiger partial charge >= 0.3 is 0 Å². The summed E-state index contributed by atoms with van der Waals surface area (Å²) in [7, 11) is 0. The van der Waals surface area contributed by atoms with Gasteiger partial charge in [-0.15, -0.1) is 9.36 Å². The minimum Gasteiger partial charge on any atom is -0.128 e. The van der Waals surface area contributed by atoms with Gasteiger partial charge in [0.2, 0.25) is 0 Å². The first-order chi connectivity index (χ1) is 16.7. The molecule has 0 radical (unpaired) electrons. The zero-order valence-electron chi connectivity index (χ0n) is 19.5. The largest absolute Gasteiger partial charge is 0.196 e. The van der Waals surface area contributed by atoms with Gasteiger partial charge in [0, 0.05) is 18.9 Å². The minimum absolute atomic E-state index is 0.337. The number of rotatable bonds is 2. The molecular formula is C32H27N2+. The normalized spacial score (nSPS) is 19.1. The van der Waals surface area contributed by atoms with E-state index in [0.29, 0.717) is 12.0 Å². The second-order valence-corrected chi connectivity index (χ2v) is 9.73. The molecule has 164 valence electrons. The van der Waals surface area contributed by atoms with E-state index in [4.69, 9.17) is 0 Å². The molecule has 4 aromatic carbocycles. The highest BCUT2D eigenvalue weighted by Gasteiger charge is 2.46. The van der Waals surface area contributed by atoms with Crippen LogP contribution in [0.5, 0.6) is 0 Å². The lowest BCUT2D eigenvalue weighted by molar-refractivity contribution is -0.791. The molecule has 1 aliphatic carbocycles. The molecule has 0 spiro atoms. The summed E-state index contributed by atoms with van der Waals surface area (Å²) in [6, 6.07) is 38.7. The topological polar surface area (TPSA) is 8.81 Å². The van der Waals surface area contributed by atoms with Crippen molar-refractivity contribution in [3.63, 3.8) is 0 Å². The van der Waals surface area contributed by atoms with Gasteiger partial charge in [-0.1, -0.05) is 97.9 Å². The Labute approximate surface area is 200 Å². The van der Waals surface area contributed by atoms with Gasteiger partial charge in [-0.05, 0) is 45.0 Å². The van der Waals surface area contributed by atoms with E-state index in [1.807, 2.05) is 0 Å². The summed E-state index contributed by atoms with van der Waals surface area (Å²) < 4.78 is 4.65. The summed E-state index contributed by atoms with van der Waals surface area (Å²) in [6.45, 7) is 4.69. The van der Waals surface area contributed by atoms with E-state index in [9.17, 15) is 0 Å². The van der Waals surface area contributed by atoms with Gasteiger partial charge in [0.25, 0.3) is 0 Å². The molecule has 2 heterocycles. The number of hydrogen-bond donors (Lipinski definition) is 0. The lowest BCUT2D eigenvalue weighted by atomic mass is 9.67. The average Bonchev–Trinajstić information content (AvgIpc) is 3.50. The molecule has 0 fully saturated rings. The standard InChI is InChI=1S/C32H27N2/c1-22-23(2)33-19-10-20-34(33)31-18-17-25(21-28(22)31)32(24-11-4-3-5-12-24)29-15-8-6-13-26(29)27-14-7-9-16-30(27)32/h3-23H,1-2H3/q+1. The van der Waals surface area contributed by atoms with Crippen molar-refractivity contribution in [2.75, 3.05) is 0 Å². The van der Waals surface area contributed by atoms with Crippen LogP contribution in [0.15, 0.2) is 116 Å². The number of benzene rings is 4. The second kappa shape index (κ2) is 7.04. The maximum atomic E-state index is 2.49. The SMILES string of the molecule is CC1c2cc(C3(c4ccccc4)c4ccccc4-c4ccccc43)ccc2-n2ccc[n+]2C1C. The first-order valence-corrected chi connectivity index (χ1v) is 12.2. The van der Waals surface area contributed by atoms with Crippen LogP contribution in [0.25, 0.3) is 16.8 Å². The smallest absolute Gasteiger partial charge is 0.128 e. The van der Waals surface area contributed by atoms with Crippen molar-refractivity contribution in [1.82, 2.24) is 4.68 Å². The maximum absolute atomic E-state index is 2.49. The molecule has 2 aliphatic rings. The van der Waals surface area contributed by atoms with E-state index in [2.05, 4.69) is 139 Å². The summed E-state index contributed by atoms with van der Waals surface area (Å²) >= 11 is 0. The molecule has 34 heavy (non-hydrogen) atoms. The van der Waals surface area contributed by atoms with E-state index in [1.54, 1.807) is 0 Å². The molecule has 0 bridgehead atoms. The molecule has 7 rings (SSSR count). The number of fused-ring (bicyclic) bond motifs is 6. The average molecular weight is 440 g/mol. The summed E-state index contributed by atoms with van der Waals surface area (Å²) in [4.78, 5) is 0. The van der Waals surface area contributed by atoms with Crippen LogP contribution in [0, 0.1) is 0 Å². The van der Waals surface area contributed by atoms with Crippen molar-refractivity contribution < 1.29 is 4.68 Å². The van der Waals surface area contributed by atoms with Crippen LogP contribution in [0.4, 0.5) is 0 Å². The van der Waals surface area contributed by atoms with Gasteiger partial charge in [-0.3, -0.25) is 0 Å². The molecule has 0 saturated heterocycles. The minimum atomic E-state index is -0.337. The first-order valence-electron chi connectivity index (χ1n) is 12.2. The number of hydrogen-bond acceptors (Lipinski definition) is 0. The van der Waals surface area contributed by atoms with E-state index in [1.165, 1.54) is 44.6 Å². The zero-order chi connectivity index (χ0) is 22.9. The second-order valence-electron chi connectivity index (χ2n) is 9.73. The highest BCUT2D eigenvalue weighted by molar-refractivity contribution is 5.86. The van der Waals surface area contributed by atoms with Crippen LogP contribution in [-0.4, -0.2) is 4.68 Å². The molecule has 5 aromatic rings. The van der Waals surface area contributed by atoms with Crippen LogP contribution in [0.3, 0.4) is 0 Å². The van der Waals surface area contributed by atoms with Crippen molar-refractivity contribution in [2.45, 2.75) is 31.2 Å². The third-order valence-electron chi connectivity index (χ3n) is 8.21. The quantitative estimate of drug-likeness (QED) is 0.262. The molecule has 2 atom stereocenters. The summed E-state index contributed by atoms with van der Waals surface area (Å²) in [6.07, 6.45) is 4.36. The van der Waals surface area contributed by atoms with Gasteiger partial charge in [0.1, 0.15) is 5.69 Å². The van der Waals surface area contributed by atoms with E-state index >= 15 is 0 Å². The Morgan fingerprint density at radius 3 is 2.03 bits per heavy atom. The molecule has 0 saturated carbocycles. The van der Waals surface area contributed by atoms with E-state index in [0.717, 1.165) is 0 Å². The number of aromatic nitrogens is 2. The fourth-order valence-electron chi connectivity index (χ4n) is 6.46. The fourth-order valence-corrected chi connectivity index (χ4v) is 6.46. The Morgan fingerprint density at radius 2 is 1.32 bits per heavy atom. The Morgan fingerprint density at radius 1 is 0.676 bits per heavy atom. The molecule has 2 unspecified atom stereocenters. The fraction of sp³-hybridized carbons (Fsp3) is 0.156. The summed E-state index contributed by atoms with van der Waals surface area (Å²) in [5.74, 6) is 0.419. The van der Waals surface area contributed by atoms with Gasteiger partial charge in [0.15, 0.2) is 12.2 Å². The Hall–Kier alpha value is -3.91. The van der Waals surface area contributed by atoms with Gasteiger partial charge < -0.3 is 0 Å². The summed E-state index contributed by atoms with van der Waals surface area (Å²) in [5.41, 5.74) is 10.4. The molecule has 1 aromatic heterocycles. The van der Waals surface area contributed by atoms with Gasteiger partial charge in [-0.25, -0.2) is 0 Å². The van der Waals surface area contributed by atoms with Crippen molar-refractivity contribution in [2.24, 2.45) is 0 Å². The van der Waals surface area contributed by atoms with E-state index in [-0.39, 0.29) is 5.41 Å². The van der Waals surface area contributed by atoms with Crippen LogP contribution in [-0.2, 0) is 5.41 Å². The van der Waals surface area contributed by atoms with Crippen molar-refractivity contribution in [3.05, 3.63) is 143 Å². The Balaban J connectivity index is 1.58. The predicted octanol–water partition coefficient (Wildman–Crippen LogP) is 6.81. The monoisotopic (exact) mass is 439 g/mol. The molecule has 0 N–H and O–H groups in total. The van der Waals surface area contributed by atoms with Crippen molar-refractivity contribution in [1.29, 1.82) is 0 Å². The third-order valence-corrected chi connectivity index (χ3v) is 8.21. The molecule has 1 aliphatic heterocycles. The van der Waals surface area contributed by atoms with E-state index < -0.39 is 0 Å². The lowest BCUT2D eigenvalue weighted by Gasteiger charge is -2.35. The molecular weight excluding hydrogens is 412 g/mol. The molecule has 2 nitrogen and oxygen atoms in total. The van der Waals surface area contributed by atoms with Crippen molar-refractivity contribution >= 4 is 0 Å². The third kappa shape index (κ3) is 2.38. The lowest BCUT2D eigenvalue weighted by Crippen LogP contribution is -2.50. The van der Waals surface area contributed by atoms with Gasteiger partial charge in [0.05, 0.1) is 11.6 Å². The maximum Gasteiger partial charge on any atom is 0.196 e. The highest BCUT2D eigenvalue weighted by atomic mass is 15.4. The highest BCUT2D eigenvalue weighted by Crippen LogP contribution is 2.56. The Kier molecular flexibility index (Phi) is 4.05. The first kappa shape index (κ1) is 19.5. The molecule has 0 amide bonds.